The van der Waals surface area contributed by atoms with Crippen LogP contribution in [-0.4, -0.2) is 22.3 Å². The van der Waals surface area contributed by atoms with Gasteiger partial charge in [-0.15, -0.1) is 0 Å². The molecule has 1 aromatic rings. The van der Waals surface area contributed by atoms with Crippen molar-refractivity contribution in [2.24, 2.45) is 0 Å². The highest BCUT2D eigenvalue weighted by Crippen LogP contribution is 2.25. The number of aromatic nitrogens is 2. The molecule has 0 atom stereocenters. The van der Waals surface area contributed by atoms with Gasteiger partial charge < -0.3 is 11.1 Å². The molecule has 0 unspecified atom stereocenters. The van der Waals surface area contributed by atoms with Gasteiger partial charge >= 0.3 is 0 Å². The first-order valence-electron chi connectivity index (χ1n) is 6.61. The lowest BCUT2D eigenvalue weighted by molar-refractivity contribution is -0.117. The number of ketones is 1. The van der Waals surface area contributed by atoms with Gasteiger partial charge in [-0.3, -0.25) is 4.79 Å². The summed E-state index contributed by atoms with van der Waals surface area (Å²) in [5.74, 6) is 1.25. The first-order chi connectivity index (χ1) is 8.70. The van der Waals surface area contributed by atoms with Gasteiger partial charge in [-0.25, -0.2) is 4.98 Å². The number of nitrogens with two attached hydrogens (primary N) is 1. The van der Waals surface area contributed by atoms with E-state index in [4.69, 9.17) is 5.73 Å². The third-order valence-corrected chi connectivity index (χ3v) is 3.18. The molecule has 98 valence electrons. The predicted octanol–water partition coefficient (Wildman–Crippen LogP) is 1.72. The van der Waals surface area contributed by atoms with Crippen LogP contribution in [0.25, 0.3) is 0 Å². The SMILES string of the molecule is CCCC(=O)CNc1nc(N)nc2c1CCCC2. The number of nitrogen functional groups attached to an aromatic ring is 1. The Labute approximate surface area is 107 Å². The lowest BCUT2D eigenvalue weighted by atomic mass is 9.96. The summed E-state index contributed by atoms with van der Waals surface area (Å²) in [6.45, 7) is 2.33. The topological polar surface area (TPSA) is 80.9 Å². The number of anilines is 2. The molecule has 2 rings (SSSR count). The Kier molecular flexibility index (Phi) is 4.12. The van der Waals surface area contributed by atoms with Crippen molar-refractivity contribution in [3.05, 3.63) is 11.3 Å². The maximum absolute atomic E-state index is 11.5. The van der Waals surface area contributed by atoms with Gasteiger partial charge in [-0.2, -0.15) is 4.98 Å². The van der Waals surface area contributed by atoms with E-state index < -0.39 is 0 Å². The standard InChI is InChI=1S/C13H20N4O/c1-2-5-9(18)8-15-12-10-6-3-4-7-11(10)16-13(14)17-12/h2-8H2,1H3,(H3,14,15,16,17). The maximum Gasteiger partial charge on any atom is 0.222 e. The van der Waals surface area contributed by atoms with Gasteiger partial charge in [0.25, 0.3) is 0 Å². The van der Waals surface area contributed by atoms with Crippen LogP contribution in [0.2, 0.25) is 0 Å². The number of Topliss-reactive ketones (excluding diaryl/α,β-unsaturated/α-hetero) is 1. The van der Waals surface area contributed by atoms with Crippen LogP contribution < -0.4 is 11.1 Å². The second-order valence-corrected chi connectivity index (χ2v) is 4.70. The quantitative estimate of drug-likeness (QED) is 0.829. The van der Waals surface area contributed by atoms with Crippen molar-refractivity contribution in [2.75, 3.05) is 17.6 Å². The van der Waals surface area contributed by atoms with Crippen molar-refractivity contribution in [1.82, 2.24) is 9.97 Å². The summed E-state index contributed by atoms with van der Waals surface area (Å²) in [5.41, 5.74) is 7.88. The lowest BCUT2D eigenvalue weighted by Gasteiger charge is -2.18. The van der Waals surface area contributed by atoms with E-state index in [-0.39, 0.29) is 5.78 Å². The molecule has 0 fully saturated rings. The molecule has 0 saturated heterocycles. The second kappa shape index (κ2) is 5.80. The third-order valence-electron chi connectivity index (χ3n) is 3.18. The number of carbonyl (C=O) groups is 1. The normalized spacial score (nSPS) is 14.1. The number of fused-ring (bicyclic) bond motifs is 1. The van der Waals surface area contributed by atoms with Gasteiger partial charge in [0, 0.05) is 12.0 Å². The average Bonchev–Trinajstić information content (AvgIpc) is 2.36. The highest BCUT2D eigenvalue weighted by atomic mass is 16.1. The first kappa shape index (κ1) is 12.8. The van der Waals surface area contributed by atoms with Crippen molar-refractivity contribution in [2.45, 2.75) is 45.4 Å². The Morgan fingerprint density at radius 2 is 2.11 bits per heavy atom. The molecule has 1 aliphatic rings. The van der Waals surface area contributed by atoms with E-state index in [1.807, 2.05) is 6.92 Å². The highest BCUT2D eigenvalue weighted by molar-refractivity contribution is 5.82. The van der Waals surface area contributed by atoms with Crippen LogP contribution in [0.15, 0.2) is 0 Å². The molecule has 0 saturated carbocycles. The van der Waals surface area contributed by atoms with Crippen LogP contribution >= 0.6 is 0 Å². The predicted molar refractivity (Wildman–Crippen MR) is 71.5 cm³/mol. The van der Waals surface area contributed by atoms with Gasteiger partial charge in [0.2, 0.25) is 5.95 Å². The third kappa shape index (κ3) is 2.97. The summed E-state index contributed by atoms with van der Waals surface area (Å²) in [5, 5.41) is 3.12. The van der Waals surface area contributed by atoms with Crippen molar-refractivity contribution < 1.29 is 4.79 Å². The fraction of sp³-hybridized carbons (Fsp3) is 0.615. The molecular formula is C13H20N4O. The number of hydrogen-bond acceptors (Lipinski definition) is 5. The average molecular weight is 248 g/mol. The molecule has 5 nitrogen and oxygen atoms in total. The number of aryl methyl sites for hydroxylation is 1. The Morgan fingerprint density at radius 1 is 1.33 bits per heavy atom. The summed E-state index contributed by atoms with van der Waals surface area (Å²) in [6, 6.07) is 0. The zero-order valence-corrected chi connectivity index (χ0v) is 10.8. The van der Waals surface area contributed by atoms with Crippen LogP contribution in [0.3, 0.4) is 0 Å². The molecule has 1 heterocycles. The molecule has 18 heavy (non-hydrogen) atoms. The van der Waals surface area contributed by atoms with Crippen molar-refractivity contribution in [1.29, 1.82) is 0 Å². The molecule has 0 amide bonds. The molecule has 0 radical (unpaired) electrons. The number of carbonyl (C=O) groups excluding carboxylic acids is 1. The van der Waals surface area contributed by atoms with E-state index in [1.54, 1.807) is 0 Å². The summed E-state index contributed by atoms with van der Waals surface area (Å²) in [6.07, 6.45) is 5.72. The van der Waals surface area contributed by atoms with E-state index in [1.165, 1.54) is 0 Å². The van der Waals surface area contributed by atoms with Gasteiger partial charge in [0.1, 0.15) is 5.82 Å². The summed E-state index contributed by atoms with van der Waals surface area (Å²) >= 11 is 0. The summed E-state index contributed by atoms with van der Waals surface area (Å²) in [7, 11) is 0. The van der Waals surface area contributed by atoms with Crippen LogP contribution in [0, 0.1) is 0 Å². The molecule has 0 aromatic carbocycles. The number of nitrogens with one attached hydrogen (secondary N) is 1. The summed E-state index contributed by atoms with van der Waals surface area (Å²) in [4.78, 5) is 20.0. The van der Waals surface area contributed by atoms with Gasteiger partial charge in [0.15, 0.2) is 5.78 Å². The van der Waals surface area contributed by atoms with E-state index in [0.717, 1.165) is 49.2 Å². The Bertz CT molecular complexity index is 445. The number of nitrogens with zero attached hydrogens (tertiary/aromatic N) is 2. The second-order valence-electron chi connectivity index (χ2n) is 4.70. The molecular weight excluding hydrogens is 228 g/mol. The number of rotatable bonds is 5. The Balaban J connectivity index is 2.12. The molecule has 0 aliphatic heterocycles. The van der Waals surface area contributed by atoms with Crippen LogP contribution in [0.5, 0.6) is 0 Å². The van der Waals surface area contributed by atoms with Crippen LogP contribution in [0.1, 0.15) is 43.9 Å². The van der Waals surface area contributed by atoms with Gasteiger partial charge in [-0.05, 0) is 32.1 Å². The summed E-state index contributed by atoms with van der Waals surface area (Å²) < 4.78 is 0. The molecule has 3 N–H and O–H groups in total. The van der Waals surface area contributed by atoms with Gasteiger partial charge in [0.05, 0.1) is 12.2 Å². The van der Waals surface area contributed by atoms with Gasteiger partial charge in [-0.1, -0.05) is 6.92 Å². The smallest absolute Gasteiger partial charge is 0.222 e. The largest absolute Gasteiger partial charge is 0.368 e. The monoisotopic (exact) mass is 248 g/mol. The zero-order chi connectivity index (χ0) is 13.0. The van der Waals surface area contributed by atoms with E-state index in [2.05, 4.69) is 15.3 Å². The fourth-order valence-corrected chi connectivity index (χ4v) is 2.31. The Morgan fingerprint density at radius 3 is 2.89 bits per heavy atom. The minimum atomic E-state index is 0.208. The van der Waals surface area contributed by atoms with E-state index >= 15 is 0 Å². The van der Waals surface area contributed by atoms with Crippen LogP contribution in [-0.2, 0) is 17.6 Å². The minimum absolute atomic E-state index is 0.208. The molecule has 5 heteroatoms. The Hall–Kier alpha value is -1.65. The number of hydrogen-bond donors (Lipinski definition) is 2. The lowest BCUT2D eigenvalue weighted by Crippen LogP contribution is -2.19. The van der Waals surface area contributed by atoms with E-state index in [0.29, 0.717) is 18.9 Å². The molecule has 1 aromatic heterocycles. The fourth-order valence-electron chi connectivity index (χ4n) is 2.31. The van der Waals surface area contributed by atoms with Crippen molar-refractivity contribution >= 4 is 17.5 Å². The molecule has 1 aliphatic carbocycles. The molecule has 0 spiro atoms. The van der Waals surface area contributed by atoms with Crippen LogP contribution in [0.4, 0.5) is 11.8 Å². The first-order valence-corrected chi connectivity index (χ1v) is 6.61. The minimum Gasteiger partial charge on any atom is -0.368 e. The van der Waals surface area contributed by atoms with Crippen molar-refractivity contribution in [3.8, 4) is 0 Å². The van der Waals surface area contributed by atoms with E-state index in [9.17, 15) is 4.79 Å². The highest BCUT2D eigenvalue weighted by Gasteiger charge is 2.17. The maximum atomic E-state index is 11.5. The zero-order valence-electron chi connectivity index (χ0n) is 10.8. The van der Waals surface area contributed by atoms with Crippen molar-refractivity contribution in [3.63, 3.8) is 0 Å². The molecule has 0 bridgehead atoms.